The number of aromatic nitrogens is 3. The highest BCUT2D eigenvalue weighted by atomic mass is 32.2. The number of nitrogens with zero attached hydrogens (tertiary/aromatic N) is 3. The van der Waals surface area contributed by atoms with Gasteiger partial charge >= 0.3 is 0 Å². The van der Waals surface area contributed by atoms with E-state index in [1.165, 1.54) is 0 Å². The molecule has 1 aromatic carbocycles. The molecule has 1 saturated heterocycles. The third-order valence-corrected chi connectivity index (χ3v) is 6.77. The Kier molecular flexibility index (Phi) is 4.30. The first-order chi connectivity index (χ1) is 13.6. The average Bonchev–Trinajstić information content (AvgIpc) is 3.21. The van der Waals surface area contributed by atoms with Gasteiger partial charge < -0.3 is 15.0 Å². The van der Waals surface area contributed by atoms with Gasteiger partial charge in [0.2, 0.25) is 0 Å². The topological polar surface area (TPSA) is 92.2 Å². The van der Waals surface area contributed by atoms with E-state index in [0.717, 1.165) is 41.1 Å². The van der Waals surface area contributed by atoms with Crippen molar-refractivity contribution in [3.8, 4) is 0 Å². The molecule has 0 radical (unpaired) electrons. The largest absolute Gasteiger partial charge is 0.379 e. The lowest BCUT2D eigenvalue weighted by molar-refractivity contribution is 0.0566. The molecule has 9 heteroatoms. The minimum Gasteiger partial charge on any atom is -0.379 e. The number of H-pyrrole nitrogens is 1. The van der Waals surface area contributed by atoms with Crippen molar-refractivity contribution < 1.29 is 8.95 Å². The quantitative estimate of drug-likeness (QED) is 0.705. The zero-order chi connectivity index (χ0) is 19.3. The van der Waals surface area contributed by atoms with Crippen LogP contribution in [0.2, 0.25) is 0 Å². The molecule has 1 fully saturated rings. The van der Waals surface area contributed by atoms with E-state index in [-0.39, 0.29) is 11.6 Å². The molecule has 0 bridgehead atoms. The lowest BCUT2D eigenvalue weighted by Crippen LogP contribution is -2.22. The minimum absolute atomic E-state index is 0.115. The van der Waals surface area contributed by atoms with Crippen LogP contribution < -0.4 is 10.9 Å². The van der Waals surface area contributed by atoms with Crippen LogP contribution in [0, 0.1) is 0 Å². The highest BCUT2D eigenvalue weighted by Gasteiger charge is 2.25. The van der Waals surface area contributed by atoms with E-state index < -0.39 is 11.0 Å². The first-order valence-corrected chi connectivity index (χ1v) is 10.4. The van der Waals surface area contributed by atoms with Gasteiger partial charge in [-0.1, -0.05) is 0 Å². The van der Waals surface area contributed by atoms with Crippen LogP contribution in [0.25, 0.3) is 10.9 Å². The molecule has 28 heavy (non-hydrogen) atoms. The second kappa shape index (κ2) is 6.84. The number of fused-ring (bicyclic) bond motifs is 2. The van der Waals surface area contributed by atoms with Crippen molar-refractivity contribution in [2.45, 2.75) is 30.3 Å². The number of ether oxygens (including phenoxy) is 1. The summed E-state index contributed by atoms with van der Waals surface area (Å²) in [6.45, 7) is 2.00. The fraction of sp³-hybridized carbons (Fsp3) is 0.368. The first kappa shape index (κ1) is 17.6. The van der Waals surface area contributed by atoms with E-state index in [2.05, 4.69) is 10.3 Å². The van der Waals surface area contributed by atoms with E-state index in [1.54, 1.807) is 10.5 Å². The summed E-state index contributed by atoms with van der Waals surface area (Å²) in [6.07, 6.45) is 3.60. The summed E-state index contributed by atoms with van der Waals surface area (Å²) in [7, 11) is 0.732. The number of hydrogen-bond donors (Lipinski definition) is 2. The van der Waals surface area contributed by atoms with Crippen molar-refractivity contribution in [2.75, 3.05) is 25.6 Å². The predicted molar refractivity (Wildman–Crippen MR) is 107 cm³/mol. The maximum atomic E-state index is 12.5. The highest BCUT2D eigenvalue weighted by Crippen LogP contribution is 2.32. The van der Waals surface area contributed by atoms with Crippen molar-refractivity contribution >= 4 is 33.4 Å². The number of aromatic amines is 1. The van der Waals surface area contributed by atoms with Gasteiger partial charge in [-0.05, 0) is 42.7 Å². The molecule has 2 aliphatic heterocycles. The Morgan fingerprint density at radius 3 is 3.07 bits per heavy atom. The molecule has 2 atom stereocenters. The fourth-order valence-electron chi connectivity index (χ4n) is 3.94. The molecule has 2 aliphatic rings. The highest BCUT2D eigenvalue weighted by molar-refractivity contribution is 7.83. The zero-order valence-electron chi connectivity index (χ0n) is 15.5. The Bertz CT molecular complexity index is 1130. The van der Waals surface area contributed by atoms with Gasteiger partial charge in [-0.25, -0.2) is 8.51 Å². The molecule has 0 amide bonds. The Labute approximate surface area is 164 Å². The van der Waals surface area contributed by atoms with Crippen LogP contribution in [-0.4, -0.2) is 43.5 Å². The third-order valence-electron chi connectivity index (χ3n) is 5.30. The van der Waals surface area contributed by atoms with Gasteiger partial charge in [0, 0.05) is 32.1 Å². The molecule has 2 aromatic heterocycles. The number of anilines is 2. The van der Waals surface area contributed by atoms with Crippen molar-refractivity contribution in [3.05, 3.63) is 46.4 Å². The molecule has 3 aromatic rings. The third kappa shape index (κ3) is 2.86. The monoisotopic (exact) mass is 399 g/mol. The van der Waals surface area contributed by atoms with Gasteiger partial charge in [-0.15, -0.1) is 0 Å². The SMILES string of the molecule is CN1Cc2cc(Nc3nn(C4CCCOC4)c4cc[nH]c(=O)c34)ccc2S1=O. The maximum absolute atomic E-state index is 12.5. The summed E-state index contributed by atoms with van der Waals surface area (Å²) in [5.74, 6) is 0.523. The molecular formula is C19H21N5O3S. The summed E-state index contributed by atoms with van der Waals surface area (Å²) in [5, 5.41) is 8.56. The second-order valence-electron chi connectivity index (χ2n) is 7.21. The first-order valence-electron chi connectivity index (χ1n) is 9.32. The number of benzene rings is 1. The van der Waals surface area contributed by atoms with Crippen molar-refractivity contribution in [1.82, 2.24) is 19.1 Å². The van der Waals surface area contributed by atoms with Gasteiger partial charge in [-0.3, -0.25) is 9.48 Å². The summed E-state index contributed by atoms with van der Waals surface area (Å²) in [6, 6.07) is 7.72. The van der Waals surface area contributed by atoms with E-state index in [4.69, 9.17) is 9.84 Å². The molecule has 0 aliphatic carbocycles. The summed E-state index contributed by atoms with van der Waals surface area (Å²) >= 11 is 0. The van der Waals surface area contributed by atoms with Crippen LogP contribution in [0.4, 0.5) is 11.5 Å². The lowest BCUT2D eigenvalue weighted by Gasteiger charge is -2.23. The number of nitrogens with one attached hydrogen (secondary N) is 2. The molecule has 2 N–H and O–H groups in total. The van der Waals surface area contributed by atoms with Crippen LogP contribution in [0.1, 0.15) is 24.4 Å². The Morgan fingerprint density at radius 2 is 2.25 bits per heavy atom. The van der Waals surface area contributed by atoms with E-state index in [0.29, 0.717) is 24.4 Å². The number of pyridine rings is 1. The smallest absolute Gasteiger partial charge is 0.261 e. The molecule has 146 valence electrons. The Morgan fingerprint density at radius 1 is 1.36 bits per heavy atom. The Balaban J connectivity index is 1.55. The van der Waals surface area contributed by atoms with Gasteiger partial charge in [-0.2, -0.15) is 5.10 Å². The van der Waals surface area contributed by atoms with Crippen LogP contribution in [0.5, 0.6) is 0 Å². The molecular weight excluding hydrogens is 378 g/mol. The predicted octanol–water partition coefficient (Wildman–Crippen LogP) is 2.29. The maximum Gasteiger partial charge on any atom is 0.261 e. The fourth-order valence-corrected chi connectivity index (χ4v) is 5.06. The molecule has 4 heterocycles. The Hall–Kier alpha value is -2.49. The second-order valence-corrected chi connectivity index (χ2v) is 8.78. The van der Waals surface area contributed by atoms with Gasteiger partial charge in [0.1, 0.15) is 16.4 Å². The molecule has 8 nitrogen and oxygen atoms in total. The van der Waals surface area contributed by atoms with Gasteiger partial charge in [0.25, 0.3) is 5.56 Å². The molecule has 2 unspecified atom stereocenters. The molecule has 5 rings (SSSR count). The van der Waals surface area contributed by atoms with Crippen LogP contribution in [0.15, 0.2) is 40.2 Å². The average molecular weight is 399 g/mol. The van der Waals surface area contributed by atoms with Crippen LogP contribution in [0.3, 0.4) is 0 Å². The van der Waals surface area contributed by atoms with E-state index in [9.17, 15) is 9.00 Å². The zero-order valence-corrected chi connectivity index (χ0v) is 16.3. The van der Waals surface area contributed by atoms with E-state index >= 15 is 0 Å². The van der Waals surface area contributed by atoms with Crippen LogP contribution in [-0.2, 0) is 22.3 Å². The van der Waals surface area contributed by atoms with Crippen molar-refractivity contribution in [2.24, 2.45) is 0 Å². The van der Waals surface area contributed by atoms with Gasteiger partial charge in [0.15, 0.2) is 5.82 Å². The minimum atomic E-state index is -1.11. The van der Waals surface area contributed by atoms with Gasteiger partial charge in [0.05, 0.1) is 23.1 Å². The van der Waals surface area contributed by atoms with Crippen LogP contribution >= 0.6 is 0 Å². The molecule has 0 spiro atoms. The van der Waals surface area contributed by atoms with E-state index in [1.807, 2.05) is 36.0 Å². The normalized spacial score (nSPS) is 22.5. The number of rotatable bonds is 3. The molecule has 0 saturated carbocycles. The summed E-state index contributed by atoms with van der Waals surface area (Å²) in [4.78, 5) is 16.1. The van der Waals surface area contributed by atoms with Crippen molar-refractivity contribution in [1.29, 1.82) is 0 Å². The lowest BCUT2D eigenvalue weighted by atomic mass is 10.1. The summed E-state index contributed by atoms with van der Waals surface area (Å²) in [5.41, 5.74) is 2.46. The summed E-state index contributed by atoms with van der Waals surface area (Å²) < 4.78 is 21.5. The number of hydrogen-bond acceptors (Lipinski definition) is 5. The standard InChI is InChI=1S/C19H21N5O3S/c1-23-10-12-9-13(4-5-16(12)28(23)26)21-18-17-15(6-7-20-19(17)25)24(22-18)14-3-2-8-27-11-14/h4-7,9,14H,2-3,8,10-11H2,1H3,(H,20,25)(H,21,22). The van der Waals surface area contributed by atoms with Crippen molar-refractivity contribution in [3.63, 3.8) is 0 Å².